The zero-order valence-corrected chi connectivity index (χ0v) is 9.09. The third-order valence-corrected chi connectivity index (χ3v) is 2.93. The number of ether oxygens (including phenoxy) is 2. The highest BCUT2D eigenvalue weighted by Gasteiger charge is 2.40. The normalized spacial score (nSPS) is 33.6. The molecule has 3 unspecified atom stereocenters. The van der Waals surface area contributed by atoms with E-state index in [0.717, 1.165) is 0 Å². The molecule has 0 aromatic heterocycles. The molecule has 2 saturated heterocycles. The van der Waals surface area contributed by atoms with Crippen molar-refractivity contribution in [3.05, 3.63) is 0 Å². The number of carbonyl (C=O) groups is 2. The Balaban J connectivity index is 1.90. The van der Waals surface area contributed by atoms with E-state index >= 15 is 0 Å². The minimum Gasteiger partial charge on any atom is -0.481 e. The number of hydrogen-bond acceptors (Lipinski definition) is 4. The fraction of sp³-hybridized carbons (Fsp3) is 0.800. The van der Waals surface area contributed by atoms with Gasteiger partial charge in [-0.3, -0.25) is 9.59 Å². The number of hydrogen-bond donors (Lipinski definition) is 1. The third kappa shape index (κ3) is 2.33. The lowest BCUT2D eigenvalue weighted by Crippen LogP contribution is -2.43. The standard InChI is InChI=1S/C10H15NO5/c1-6(12)11-3-8-9(4-11)16-7(5-15-8)2-10(13)14/h7-9H,2-5H2,1H3,(H,13,14). The molecule has 1 amide bonds. The number of amides is 1. The maximum atomic E-state index is 11.2. The monoisotopic (exact) mass is 229 g/mol. The average molecular weight is 229 g/mol. The molecule has 90 valence electrons. The highest BCUT2D eigenvalue weighted by Crippen LogP contribution is 2.24. The lowest BCUT2D eigenvalue weighted by molar-refractivity contribution is -0.171. The Kier molecular flexibility index (Phi) is 3.11. The Labute approximate surface area is 93.1 Å². The topological polar surface area (TPSA) is 76.1 Å². The Morgan fingerprint density at radius 2 is 2.06 bits per heavy atom. The molecule has 6 nitrogen and oxygen atoms in total. The Morgan fingerprint density at radius 1 is 1.38 bits per heavy atom. The number of likely N-dealkylation sites (tertiary alicyclic amines) is 1. The van der Waals surface area contributed by atoms with Crippen molar-refractivity contribution in [1.82, 2.24) is 4.90 Å². The van der Waals surface area contributed by atoms with Gasteiger partial charge in [-0.05, 0) is 0 Å². The second-order valence-corrected chi connectivity index (χ2v) is 4.19. The molecule has 16 heavy (non-hydrogen) atoms. The second kappa shape index (κ2) is 4.39. The molecule has 2 aliphatic rings. The van der Waals surface area contributed by atoms with Gasteiger partial charge in [-0.2, -0.15) is 0 Å². The molecule has 2 fully saturated rings. The number of rotatable bonds is 2. The van der Waals surface area contributed by atoms with Crippen LogP contribution in [-0.2, 0) is 19.1 Å². The van der Waals surface area contributed by atoms with Crippen LogP contribution in [0.1, 0.15) is 13.3 Å². The van der Waals surface area contributed by atoms with Gasteiger partial charge in [-0.1, -0.05) is 0 Å². The second-order valence-electron chi connectivity index (χ2n) is 4.19. The fourth-order valence-electron chi connectivity index (χ4n) is 2.11. The Bertz CT molecular complexity index is 306. The van der Waals surface area contributed by atoms with Crippen LogP contribution in [0.15, 0.2) is 0 Å². The largest absolute Gasteiger partial charge is 0.481 e. The van der Waals surface area contributed by atoms with E-state index in [-0.39, 0.29) is 24.5 Å². The zero-order chi connectivity index (χ0) is 11.7. The first kappa shape index (κ1) is 11.3. The summed E-state index contributed by atoms with van der Waals surface area (Å²) in [4.78, 5) is 23.4. The van der Waals surface area contributed by atoms with Gasteiger partial charge in [0, 0.05) is 20.0 Å². The quantitative estimate of drug-likeness (QED) is 0.689. The summed E-state index contributed by atoms with van der Waals surface area (Å²) in [5.41, 5.74) is 0. The van der Waals surface area contributed by atoms with E-state index in [0.29, 0.717) is 19.7 Å². The van der Waals surface area contributed by atoms with Gasteiger partial charge in [0.05, 0.1) is 19.1 Å². The van der Waals surface area contributed by atoms with Crippen LogP contribution in [0, 0.1) is 0 Å². The van der Waals surface area contributed by atoms with Gasteiger partial charge in [0.2, 0.25) is 5.91 Å². The van der Waals surface area contributed by atoms with Crippen molar-refractivity contribution in [2.45, 2.75) is 31.7 Å². The molecular formula is C10H15NO5. The van der Waals surface area contributed by atoms with Gasteiger partial charge in [0.15, 0.2) is 0 Å². The number of aliphatic carboxylic acids is 1. The number of carboxylic acid groups (broad SMARTS) is 1. The summed E-state index contributed by atoms with van der Waals surface area (Å²) >= 11 is 0. The summed E-state index contributed by atoms with van der Waals surface area (Å²) in [5.74, 6) is -0.898. The minimum atomic E-state index is -0.895. The van der Waals surface area contributed by atoms with Crippen molar-refractivity contribution in [3.8, 4) is 0 Å². The van der Waals surface area contributed by atoms with Crippen LogP contribution >= 0.6 is 0 Å². The van der Waals surface area contributed by atoms with Crippen molar-refractivity contribution in [2.75, 3.05) is 19.7 Å². The summed E-state index contributed by atoms with van der Waals surface area (Å²) in [6.07, 6.45) is -0.731. The van der Waals surface area contributed by atoms with Gasteiger partial charge < -0.3 is 19.5 Å². The van der Waals surface area contributed by atoms with E-state index in [1.807, 2.05) is 0 Å². The summed E-state index contributed by atoms with van der Waals surface area (Å²) < 4.78 is 11.1. The van der Waals surface area contributed by atoms with Crippen LogP contribution in [0.5, 0.6) is 0 Å². The number of fused-ring (bicyclic) bond motifs is 1. The van der Waals surface area contributed by atoms with Gasteiger partial charge in [0.25, 0.3) is 0 Å². The number of carbonyl (C=O) groups excluding carboxylic acids is 1. The molecule has 2 rings (SSSR count). The molecule has 2 aliphatic heterocycles. The van der Waals surface area contributed by atoms with Gasteiger partial charge >= 0.3 is 5.97 Å². The summed E-state index contributed by atoms with van der Waals surface area (Å²) in [6.45, 7) is 2.83. The first-order valence-corrected chi connectivity index (χ1v) is 5.30. The maximum Gasteiger partial charge on any atom is 0.306 e. The predicted octanol–water partition coefficient (Wildman–Crippen LogP) is -0.524. The Hall–Kier alpha value is -1.14. The molecule has 0 bridgehead atoms. The molecule has 6 heteroatoms. The molecule has 0 aliphatic carbocycles. The van der Waals surface area contributed by atoms with Crippen molar-refractivity contribution in [1.29, 1.82) is 0 Å². The number of carboxylic acids is 1. The molecular weight excluding hydrogens is 214 g/mol. The fourth-order valence-corrected chi connectivity index (χ4v) is 2.11. The maximum absolute atomic E-state index is 11.2. The van der Waals surface area contributed by atoms with Crippen molar-refractivity contribution >= 4 is 11.9 Å². The molecule has 0 radical (unpaired) electrons. The minimum absolute atomic E-state index is 0.00335. The van der Waals surface area contributed by atoms with Crippen LogP contribution in [0.4, 0.5) is 0 Å². The van der Waals surface area contributed by atoms with Gasteiger partial charge in [-0.15, -0.1) is 0 Å². The van der Waals surface area contributed by atoms with Gasteiger partial charge in [0.1, 0.15) is 12.2 Å². The van der Waals surface area contributed by atoms with Crippen LogP contribution in [0.25, 0.3) is 0 Å². The third-order valence-electron chi connectivity index (χ3n) is 2.93. The lowest BCUT2D eigenvalue weighted by Gasteiger charge is -2.30. The molecule has 0 aromatic carbocycles. The highest BCUT2D eigenvalue weighted by molar-refractivity contribution is 5.73. The first-order valence-electron chi connectivity index (χ1n) is 5.30. The molecule has 0 aromatic rings. The Morgan fingerprint density at radius 3 is 2.69 bits per heavy atom. The van der Waals surface area contributed by atoms with E-state index in [1.165, 1.54) is 6.92 Å². The van der Waals surface area contributed by atoms with E-state index < -0.39 is 12.1 Å². The highest BCUT2D eigenvalue weighted by atomic mass is 16.6. The van der Waals surface area contributed by atoms with E-state index in [2.05, 4.69) is 0 Å². The summed E-state index contributed by atoms with van der Waals surface area (Å²) in [6, 6.07) is 0. The van der Waals surface area contributed by atoms with Crippen molar-refractivity contribution in [2.24, 2.45) is 0 Å². The zero-order valence-electron chi connectivity index (χ0n) is 9.09. The summed E-state index contributed by atoms with van der Waals surface area (Å²) in [7, 11) is 0. The van der Waals surface area contributed by atoms with E-state index in [4.69, 9.17) is 14.6 Å². The first-order chi connectivity index (χ1) is 7.56. The predicted molar refractivity (Wildman–Crippen MR) is 52.9 cm³/mol. The lowest BCUT2D eigenvalue weighted by atomic mass is 10.2. The molecule has 0 spiro atoms. The molecule has 2 heterocycles. The molecule has 3 atom stereocenters. The van der Waals surface area contributed by atoms with Crippen LogP contribution in [-0.4, -0.2) is 59.9 Å². The molecule has 1 N–H and O–H groups in total. The van der Waals surface area contributed by atoms with Crippen LogP contribution in [0.3, 0.4) is 0 Å². The van der Waals surface area contributed by atoms with E-state index in [9.17, 15) is 9.59 Å². The number of nitrogens with zero attached hydrogens (tertiary/aromatic N) is 1. The van der Waals surface area contributed by atoms with Crippen LogP contribution < -0.4 is 0 Å². The van der Waals surface area contributed by atoms with Crippen molar-refractivity contribution < 1.29 is 24.2 Å². The molecule has 0 saturated carbocycles. The SMILES string of the molecule is CC(=O)N1CC2OCC(CC(=O)O)OC2C1. The average Bonchev–Trinajstić information content (AvgIpc) is 2.59. The van der Waals surface area contributed by atoms with Crippen molar-refractivity contribution in [3.63, 3.8) is 0 Å². The smallest absolute Gasteiger partial charge is 0.306 e. The van der Waals surface area contributed by atoms with Crippen LogP contribution in [0.2, 0.25) is 0 Å². The van der Waals surface area contributed by atoms with E-state index in [1.54, 1.807) is 4.90 Å². The van der Waals surface area contributed by atoms with Gasteiger partial charge in [-0.25, -0.2) is 0 Å². The summed E-state index contributed by atoms with van der Waals surface area (Å²) in [5, 5.41) is 8.65.